The van der Waals surface area contributed by atoms with Crippen LogP contribution in [0.2, 0.25) is 0 Å². The summed E-state index contributed by atoms with van der Waals surface area (Å²) in [5.74, 6) is 0.426. The van der Waals surface area contributed by atoms with E-state index in [-0.39, 0.29) is 16.2 Å². The number of hydrogen-bond donors (Lipinski definition) is 1. The summed E-state index contributed by atoms with van der Waals surface area (Å²) in [6, 6.07) is 5.87. The summed E-state index contributed by atoms with van der Waals surface area (Å²) >= 11 is 0. The van der Waals surface area contributed by atoms with Gasteiger partial charge in [0.05, 0.1) is 0 Å². The number of rotatable bonds is 3. The molecule has 0 amide bonds. The summed E-state index contributed by atoms with van der Waals surface area (Å²) in [6.45, 7) is 17.4. The van der Waals surface area contributed by atoms with Crippen LogP contribution in [0.3, 0.4) is 0 Å². The number of carbonyl (C=O) groups is 1. The Bertz CT molecular complexity index is 543. The van der Waals surface area contributed by atoms with Crippen LogP contribution in [0.1, 0.15) is 72.9 Å². The van der Waals surface area contributed by atoms with Gasteiger partial charge in [0, 0.05) is 5.56 Å². The molecule has 1 N–H and O–H groups in total. The standard InChI is InChI=1S/C19H30O3/c1-17(2,3)12-19(7,8)13-9-10-15(22-16(20)21)14(11-13)18(4,5)6/h9-11H,12H2,1-8H3,(H,20,21). The van der Waals surface area contributed by atoms with Gasteiger partial charge in [-0.2, -0.15) is 0 Å². The van der Waals surface area contributed by atoms with Crippen molar-refractivity contribution in [2.45, 2.75) is 72.6 Å². The van der Waals surface area contributed by atoms with Gasteiger partial charge in [-0.3, -0.25) is 0 Å². The van der Waals surface area contributed by atoms with Gasteiger partial charge in [-0.25, -0.2) is 4.79 Å². The molecule has 0 atom stereocenters. The highest BCUT2D eigenvalue weighted by Gasteiger charge is 2.29. The molecule has 0 heterocycles. The average molecular weight is 306 g/mol. The molecule has 0 saturated heterocycles. The summed E-state index contributed by atoms with van der Waals surface area (Å²) in [7, 11) is 0. The van der Waals surface area contributed by atoms with Crippen LogP contribution in [0.15, 0.2) is 18.2 Å². The Morgan fingerprint density at radius 2 is 1.59 bits per heavy atom. The monoisotopic (exact) mass is 306 g/mol. The zero-order valence-corrected chi connectivity index (χ0v) is 15.2. The molecule has 1 rings (SSSR count). The summed E-state index contributed by atoms with van der Waals surface area (Å²) in [4.78, 5) is 10.9. The number of ether oxygens (including phenoxy) is 1. The van der Waals surface area contributed by atoms with Gasteiger partial charge >= 0.3 is 6.16 Å². The highest BCUT2D eigenvalue weighted by Crippen LogP contribution is 2.40. The summed E-state index contributed by atoms with van der Waals surface area (Å²) < 4.78 is 4.96. The van der Waals surface area contributed by atoms with Gasteiger partial charge in [-0.15, -0.1) is 0 Å². The third-order valence-corrected chi connectivity index (χ3v) is 3.74. The van der Waals surface area contributed by atoms with Gasteiger partial charge in [0.1, 0.15) is 5.75 Å². The Kier molecular flexibility index (Phi) is 5.01. The lowest BCUT2D eigenvalue weighted by molar-refractivity contribution is 0.143. The normalized spacial score (nSPS) is 13.1. The van der Waals surface area contributed by atoms with Crippen LogP contribution in [0.5, 0.6) is 5.75 Å². The maximum absolute atomic E-state index is 10.9. The Hall–Kier alpha value is -1.51. The van der Waals surface area contributed by atoms with Crippen LogP contribution in [-0.4, -0.2) is 11.3 Å². The van der Waals surface area contributed by atoms with E-state index in [0.29, 0.717) is 5.75 Å². The Balaban J connectivity index is 3.33. The Labute approximate surface area is 134 Å². The van der Waals surface area contributed by atoms with Crippen LogP contribution >= 0.6 is 0 Å². The summed E-state index contributed by atoms with van der Waals surface area (Å²) in [5, 5.41) is 8.92. The molecular formula is C19H30O3. The second-order valence-electron chi connectivity index (χ2n) is 8.95. The fourth-order valence-corrected chi connectivity index (χ4v) is 3.15. The summed E-state index contributed by atoms with van der Waals surface area (Å²) in [6.07, 6.45) is -0.227. The molecule has 0 aromatic heterocycles. The molecule has 0 unspecified atom stereocenters. The average Bonchev–Trinajstić information content (AvgIpc) is 2.23. The van der Waals surface area contributed by atoms with E-state index in [4.69, 9.17) is 9.84 Å². The molecule has 3 heteroatoms. The predicted molar refractivity (Wildman–Crippen MR) is 90.9 cm³/mol. The van der Waals surface area contributed by atoms with Gasteiger partial charge in [0.2, 0.25) is 0 Å². The number of benzene rings is 1. The third kappa shape index (κ3) is 5.04. The minimum atomic E-state index is -1.27. The van der Waals surface area contributed by atoms with E-state index in [1.807, 2.05) is 6.07 Å². The maximum atomic E-state index is 10.9. The van der Waals surface area contributed by atoms with Crippen molar-refractivity contribution in [1.29, 1.82) is 0 Å². The van der Waals surface area contributed by atoms with Crippen molar-refractivity contribution in [1.82, 2.24) is 0 Å². The van der Waals surface area contributed by atoms with Crippen molar-refractivity contribution in [3.63, 3.8) is 0 Å². The minimum absolute atomic E-state index is 0.0139. The molecule has 0 radical (unpaired) electrons. The van der Waals surface area contributed by atoms with Crippen LogP contribution < -0.4 is 4.74 Å². The molecule has 3 nitrogen and oxygen atoms in total. The van der Waals surface area contributed by atoms with E-state index in [0.717, 1.165) is 12.0 Å². The molecule has 1 aromatic rings. The van der Waals surface area contributed by atoms with Gasteiger partial charge in [-0.1, -0.05) is 67.5 Å². The molecule has 0 saturated carbocycles. The molecule has 0 aliphatic rings. The third-order valence-electron chi connectivity index (χ3n) is 3.74. The first-order chi connectivity index (χ1) is 9.72. The lowest BCUT2D eigenvalue weighted by Crippen LogP contribution is -2.26. The van der Waals surface area contributed by atoms with Gasteiger partial charge in [-0.05, 0) is 34.3 Å². The second-order valence-corrected chi connectivity index (χ2v) is 8.95. The van der Waals surface area contributed by atoms with Crippen molar-refractivity contribution in [2.75, 3.05) is 0 Å². The van der Waals surface area contributed by atoms with Crippen LogP contribution in [0.4, 0.5) is 4.79 Å². The van der Waals surface area contributed by atoms with Crippen LogP contribution in [0, 0.1) is 5.41 Å². The minimum Gasteiger partial charge on any atom is -0.449 e. The topological polar surface area (TPSA) is 46.5 Å². The lowest BCUT2D eigenvalue weighted by Gasteiger charge is -2.34. The van der Waals surface area contributed by atoms with E-state index < -0.39 is 6.16 Å². The zero-order chi connectivity index (χ0) is 17.3. The van der Waals surface area contributed by atoms with Crippen molar-refractivity contribution in [3.8, 4) is 5.75 Å². The smallest absolute Gasteiger partial charge is 0.449 e. The van der Waals surface area contributed by atoms with Crippen LogP contribution in [-0.2, 0) is 10.8 Å². The molecule has 0 aliphatic carbocycles. The van der Waals surface area contributed by atoms with Crippen molar-refractivity contribution < 1.29 is 14.6 Å². The van der Waals surface area contributed by atoms with Crippen molar-refractivity contribution >= 4 is 6.16 Å². The first kappa shape index (κ1) is 18.5. The number of hydrogen-bond acceptors (Lipinski definition) is 2. The maximum Gasteiger partial charge on any atom is 0.511 e. The Morgan fingerprint density at radius 3 is 2.00 bits per heavy atom. The number of carboxylic acid groups (broad SMARTS) is 1. The fraction of sp³-hybridized carbons (Fsp3) is 0.632. The molecule has 0 fully saturated rings. The molecular weight excluding hydrogens is 276 g/mol. The molecule has 0 bridgehead atoms. The van der Waals surface area contributed by atoms with Crippen LogP contribution in [0.25, 0.3) is 0 Å². The van der Waals surface area contributed by atoms with E-state index >= 15 is 0 Å². The van der Waals surface area contributed by atoms with Gasteiger partial charge in [0.25, 0.3) is 0 Å². The fourth-order valence-electron chi connectivity index (χ4n) is 3.15. The molecule has 0 aliphatic heterocycles. The van der Waals surface area contributed by atoms with Gasteiger partial charge in [0.15, 0.2) is 0 Å². The molecule has 124 valence electrons. The quantitative estimate of drug-likeness (QED) is 0.571. The summed E-state index contributed by atoms with van der Waals surface area (Å²) in [5.41, 5.74) is 2.19. The zero-order valence-electron chi connectivity index (χ0n) is 15.2. The van der Waals surface area contributed by atoms with Crippen molar-refractivity contribution in [2.24, 2.45) is 5.41 Å². The SMILES string of the molecule is CC(C)(C)CC(C)(C)c1ccc(OC(=O)O)c(C(C)(C)C)c1. The second kappa shape index (κ2) is 5.94. The highest BCUT2D eigenvalue weighted by atomic mass is 16.7. The van der Waals surface area contributed by atoms with E-state index in [1.54, 1.807) is 6.07 Å². The first-order valence-corrected chi connectivity index (χ1v) is 7.78. The molecule has 22 heavy (non-hydrogen) atoms. The van der Waals surface area contributed by atoms with E-state index in [2.05, 4.69) is 61.5 Å². The van der Waals surface area contributed by atoms with E-state index in [1.165, 1.54) is 5.56 Å². The first-order valence-electron chi connectivity index (χ1n) is 7.78. The van der Waals surface area contributed by atoms with Crippen molar-refractivity contribution in [3.05, 3.63) is 29.3 Å². The predicted octanol–water partition coefficient (Wildman–Crippen LogP) is 5.75. The largest absolute Gasteiger partial charge is 0.511 e. The molecule has 0 spiro atoms. The molecule has 1 aromatic carbocycles. The van der Waals surface area contributed by atoms with Gasteiger partial charge < -0.3 is 9.84 Å². The van der Waals surface area contributed by atoms with E-state index in [9.17, 15) is 4.79 Å². The Morgan fingerprint density at radius 1 is 1.05 bits per heavy atom. The lowest BCUT2D eigenvalue weighted by atomic mass is 9.71. The highest BCUT2D eigenvalue weighted by molar-refractivity contribution is 5.62.